The molecule has 2 aliphatic rings. The van der Waals surface area contributed by atoms with Crippen LogP contribution in [0.25, 0.3) is 0 Å². The van der Waals surface area contributed by atoms with Gasteiger partial charge in [0.15, 0.2) is 6.10 Å². The highest BCUT2D eigenvalue weighted by atomic mass is 19.1. The van der Waals surface area contributed by atoms with Gasteiger partial charge in [0.05, 0.1) is 5.69 Å². The van der Waals surface area contributed by atoms with Crippen molar-refractivity contribution in [2.45, 2.75) is 38.3 Å². The average molecular weight is 264 g/mol. The number of benzene rings is 1. The number of fused-ring (bicyclic) bond motifs is 1. The van der Waals surface area contributed by atoms with Crippen LogP contribution in [0.5, 0.6) is 0 Å². The Hall–Kier alpha value is -1.62. The van der Waals surface area contributed by atoms with Crippen LogP contribution in [-0.2, 0) is 4.79 Å². The standard InChI is InChI=1S/C14H17FN2O2/c1-8-4-2-3-5-17(8)12-7-11-9(6-10(12)15)13(18)14(19)16-11/h6-8,13,18H,2-5H2,1H3,(H,16,19). The lowest BCUT2D eigenvalue weighted by atomic mass is 10.0. The van der Waals surface area contributed by atoms with Gasteiger partial charge >= 0.3 is 0 Å². The van der Waals surface area contributed by atoms with Crippen LogP contribution in [0.4, 0.5) is 15.8 Å². The van der Waals surface area contributed by atoms with E-state index in [0.29, 0.717) is 23.0 Å². The van der Waals surface area contributed by atoms with Gasteiger partial charge in [0.25, 0.3) is 5.91 Å². The molecule has 1 aromatic rings. The van der Waals surface area contributed by atoms with Crippen molar-refractivity contribution < 1.29 is 14.3 Å². The second-order valence-electron chi connectivity index (χ2n) is 5.32. The molecule has 1 aromatic carbocycles. The molecule has 0 saturated carbocycles. The number of amides is 1. The zero-order valence-electron chi connectivity index (χ0n) is 10.8. The van der Waals surface area contributed by atoms with Gasteiger partial charge in [-0.05, 0) is 38.3 Å². The first-order chi connectivity index (χ1) is 9.08. The topological polar surface area (TPSA) is 52.6 Å². The van der Waals surface area contributed by atoms with Gasteiger partial charge in [-0.3, -0.25) is 4.79 Å². The van der Waals surface area contributed by atoms with Crippen molar-refractivity contribution in [3.05, 3.63) is 23.5 Å². The molecular formula is C14H17FN2O2. The molecule has 0 radical (unpaired) electrons. The van der Waals surface area contributed by atoms with E-state index in [1.807, 2.05) is 4.90 Å². The summed E-state index contributed by atoms with van der Waals surface area (Å²) < 4.78 is 14.2. The van der Waals surface area contributed by atoms with Crippen molar-refractivity contribution in [2.75, 3.05) is 16.8 Å². The van der Waals surface area contributed by atoms with E-state index >= 15 is 0 Å². The number of nitrogens with one attached hydrogen (secondary N) is 1. The van der Waals surface area contributed by atoms with Gasteiger partial charge < -0.3 is 15.3 Å². The zero-order chi connectivity index (χ0) is 13.6. The third-order valence-electron chi connectivity index (χ3n) is 4.03. The van der Waals surface area contributed by atoms with Crippen LogP contribution in [0, 0.1) is 5.82 Å². The predicted molar refractivity (Wildman–Crippen MR) is 70.6 cm³/mol. The minimum atomic E-state index is -1.25. The molecule has 1 saturated heterocycles. The van der Waals surface area contributed by atoms with E-state index in [1.165, 1.54) is 12.5 Å². The first-order valence-electron chi connectivity index (χ1n) is 6.67. The number of rotatable bonds is 1. The summed E-state index contributed by atoms with van der Waals surface area (Å²) in [6.07, 6.45) is 2.01. The Labute approximate surface area is 111 Å². The van der Waals surface area contributed by atoms with Crippen LogP contribution < -0.4 is 10.2 Å². The summed E-state index contributed by atoms with van der Waals surface area (Å²) in [6, 6.07) is 3.21. The first-order valence-corrected chi connectivity index (χ1v) is 6.67. The lowest BCUT2D eigenvalue weighted by molar-refractivity contribution is -0.123. The van der Waals surface area contributed by atoms with Gasteiger partial charge in [0.2, 0.25) is 0 Å². The van der Waals surface area contributed by atoms with Crippen molar-refractivity contribution in [3.8, 4) is 0 Å². The predicted octanol–water partition coefficient (Wildman–Crippen LogP) is 2.19. The highest BCUT2D eigenvalue weighted by molar-refractivity contribution is 6.02. The fourth-order valence-corrected chi connectivity index (χ4v) is 2.93. The molecule has 0 bridgehead atoms. The Kier molecular flexibility index (Phi) is 2.93. The van der Waals surface area contributed by atoms with E-state index in [9.17, 15) is 14.3 Å². The van der Waals surface area contributed by atoms with Crippen LogP contribution in [-0.4, -0.2) is 23.6 Å². The molecule has 2 aliphatic heterocycles. The molecule has 4 nitrogen and oxygen atoms in total. The summed E-state index contributed by atoms with van der Waals surface area (Å²) >= 11 is 0. The van der Waals surface area contributed by atoms with E-state index in [2.05, 4.69) is 12.2 Å². The third kappa shape index (κ3) is 1.98. The number of hydrogen-bond acceptors (Lipinski definition) is 3. The maximum absolute atomic E-state index is 14.2. The molecule has 3 rings (SSSR count). The molecule has 2 N–H and O–H groups in total. The number of piperidine rings is 1. The smallest absolute Gasteiger partial charge is 0.257 e. The molecule has 0 aromatic heterocycles. The lowest BCUT2D eigenvalue weighted by Gasteiger charge is -2.35. The number of aliphatic hydroxyl groups excluding tert-OH is 1. The monoisotopic (exact) mass is 264 g/mol. The van der Waals surface area contributed by atoms with Crippen LogP contribution in [0.2, 0.25) is 0 Å². The highest BCUT2D eigenvalue weighted by Gasteiger charge is 2.31. The average Bonchev–Trinajstić information content (AvgIpc) is 2.66. The van der Waals surface area contributed by atoms with Gasteiger partial charge in [-0.1, -0.05) is 0 Å². The molecule has 0 spiro atoms. The number of carbonyl (C=O) groups excluding carboxylic acids is 1. The number of hydrogen-bond donors (Lipinski definition) is 2. The summed E-state index contributed by atoms with van der Waals surface area (Å²) in [7, 11) is 0. The van der Waals surface area contributed by atoms with Crippen molar-refractivity contribution in [1.82, 2.24) is 0 Å². The first kappa shape index (κ1) is 12.4. The number of halogens is 1. The molecule has 2 unspecified atom stereocenters. The third-order valence-corrected chi connectivity index (χ3v) is 4.03. The second-order valence-corrected chi connectivity index (χ2v) is 5.32. The van der Waals surface area contributed by atoms with E-state index in [4.69, 9.17) is 0 Å². The quantitative estimate of drug-likeness (QED) is 0.817. The van der Waals surface area contributed by atoms with E-state index in [1.54, 1.807) is 6.07 Å². The largest absolute Gasteiger partial charge is 0.378 e. The number of anilines is 2. The van der Waals surface area contributed by atoms with Crippen molar-refractivity contribution in [1.29, 1.82) is 0 Å². The Bertz CT molecular complexity index is 532. The second kappa shape index (κ2) is 4.49. The summed E-state index contributed by atoms with van der Waals surface area (Å²) in [6.45, 7) is 2.91. The molecule has 1 fully saturated rings. The maximum atomic E-state index is 14.2. The molecule has 2 atom stereocenters. The molecule has 2 heterocycles. The van der Waals surface area contributed by atoms with Crippen LogP contribution in [0.3, 0.4) is 0 Å². The zero-order valence-corrected chi connectivity index (χ0v) is 10.8. The minimum Gasteiger partial charge on any atom is -0.378 e. The van der Waals surface area contributed by atoms with Gasteiger partial charge in [-0.25, -0.2) is 4.39 Å². The van der Waals surface area contributed by atoms with E-state index < -0.39 is 12.0 Å². The lowest BCUT2D eigenvalue weighted by Crippen LogP contribution is -2.38. The summed E-state index contributed by atoms with van der Waals surface area (Å²) in [4.78, 5) is 13.4. The molecular weight excluding hydrogens is 247 g/mol. The molecule has 1 amide bonds. The van der Waals surface area contributed by atoms with Crippen LogP contribution in [0.15, 0.2) is 12.1 Å². The summed E-state index contributed by atoms with van der Waals surface area (Å²) in [5, 5.41) is 12.2. The van der Waals surface area contributed by atoms with Crippen molar-refractivity contribution >= 4 is 17.3 Å². The maximum Gasteiger partial charge on any atom is 0.257 e. The van der Waals surface area contributed by atoms with Gasteiger partial charge in [-0.2, -0.15) is 0 Å². The van der Waals surface area contributed by atoms with Gasteiger partial charge in [-0.15, -0.1) is 0 Å². The summed E-state index contributed by atoms with van der Waals surface area (Å²) in [5.41, 5.74) is 1.36. The summed E-state index contributed by atoms with van der Waals surface area (Å²) in [5.74, 6) is -0.860. The van der Waals surface area contributed by atoms with E-state index in [0.717, 1.165) is 19.4 Å². The fraction of sp³-hybridized carbons (Fsp3) is 0.500. The molecule has 19 heavy (non-hydrogen) atoms. The fourth-order valence-electron chi connectivity index (χ4n) is 2.93. The Morgan fingerprint density at radius 2 is 2.21 bits per heavy atom. The van der Waals surface area contributed by atoms with Gasteiger partial charge in [0, 0.05) is 23.8 Å². The van der Waals surface area contributed by atoms with Crippen LogP contribution >= 0.6 is 0 Å². The van der Waals surface area contributed by atoms with Crippen molar-refractivity contribution in [2.24, 2.45) is 0 Å². The number of nitrogens with zero attached hydrogens (tertiary/aromatic N) is 1. The van der Waals surface area contributed by atoms with Gasteiger partial charge in [0.1, 0.15) is 5.82 Å². The number of carbonyl (C=O) groups is 1. The Morgan fingerprint density at radius 3 is 2.95 bits per heavy atom. The number of aliphatic hydroxyl groups is 1. The Morgan fingerprint density at radius 1 is 1.42 bits per heavy atom. The highest BCUT2D eigenvalue weighted by Crippen LogP contribution is 2.37. The van der Waals surface area contributed by atoms with Crippen LogP contribution in [0.1, 0.15) is 37.9 Å². The molecule has 102 valence electrons. The molecule has 5 heteroatoms. The normalized spacial score (nSPS) is 26.3. The Balaban J connectivity index is 2.00. The molecule has 0 aliphatic carbocycles. The van der Waals surface area contributed by atoms with Crippen molar-refractivity contribution in [3.63, 3.8) is 0 Å². The minimum absolute atomic E-state index is 0.295. The van der Waals surface area contributed by atoms with E-state index in [-0.39, 0.29) is 5.82 Å². The SMILES string of the molecule is CC1CCCCN1c1cc2c(cc1F)C(O)C(=O)N2.